The molecule has 2 aliphatic rings. The molecule has 1 aliphatic heterocycles. The fourth-order valence-corrected chi connectivity index (χ4v) is 3.59. The van der Waals surface area contributed by atoms with Gasteiger partial charge in [-0.2, -0.15) is 0 Å². The summed E-state index contributed by atoms with van der Waals surface area (Å²) in [6, 6.07) is 6.80. The Labute approximate surface area is 188 Å². The minimum Gasteiger partial charge on any atom is -0.372 e. The molecule has 182 valence electrons. The highest BCUT2D eigenvalue weighted by Crippen LogP contribution is 2.23. The number of halogens is 3. The SMILES string of the molecule is CCN1CCN(c2ccc(C)c(C)c2)CC1.CF.CF.FCC1CCCCC1.NC=O. The van der Waals surface area contributed by atoms with Gasteiger partial charge >= 0.3 is 0 Å². The minimum atomic E-state index is -0.0833. The van der Waals surface area contributed by atoms with E-state index in [-0.39, 0.29) is 13.1 Å². The molecule has 2 N–H and O–H groups in total. The topological polar surface area (TPSA) is 49.6 Å². The van der Waals surface area contributed by atoms with E-state index in [4.69, 9.17) is 4.79 Å². The first-order chi connectivity index (χ1) is 15.0. The maximum absolute atomic E-state index is 11.9. The Morgan fingerprint density at radius 2 is 1.48 bits per heavy atom. The Morgan fingerprint density at radius 1 is 0.968 bits per heavy atom. The maximum Gasteiger partial charge on any atom is 0.204 e. The number of anilines is 1. The van der Waals surface area contributed by atoms with E-state index in [1.54, 1.807) is 0 Å². The molecular weight excluding hydrogens is 403 g/mol. The van der Waals surface area contributed by atoms with E-state index in [0.29, 0.717) is 20.3 Å². The van der Waals surface area contributed by atoms with Crippen LogP contribution in [0.1, 0.15) is 50.2 Å². The van der Waals surface area contributed by atoms with Crippen molar-refractivity contribution in [2.75, 3.05) is 58.7 Å². The fourth-order valence-electron chi connectivity index (χ4n) is 3.59. The van der Waals surface area contributed by atoms with Gasteiger partial charge in [0.2, 0.25) is 6.41 Å². The van der Waals surface area contributed by atoms with Crippen LogP contribution in [-0.4, -0.2) is 65.1 Å². The van der Waals surface area contributed by atoms with Crippen LogP contribution in [0.3, 0.4) is 0 Å². The van der Waals surface area contributed by atoms with Crippen molar-refractivity contribution in [2.24, 2.45) is 11.7 Å². The number of nitrogens with two attached hydrogens (primary N) is 1. The molecule has 0 atom stereocenters. The molecule has 0 unspecified atom stereocenters. The highest BCUT2D eigenvalue weighted by atomic mass is 19.1. The molecule has 0 aromatic heterocycles. The normalized spacial score (nSPS) is 16.1. The minimum absolute atomic E-state index is 0.0833. The van der Waals surface area contributed by atoms with Gasteiger partial charge in [0, 0.05) is 31.9 Å². The number of carbonyl (C=O) groups excluding carboxylic acids is 1. The van der Waals surface area contributed by atoms with Crippen LogP contribution in [0.4, 0.5) is 18.9 Å². The lowest BCUT2D eigenvalue weighted by atomic mass is 9.90. The maximum atomic E-state index is 11.9. The van der Waals surface area contributed by atoms with Gasteiger partial charge < -0.3 is 15.5 Å². The summed E-state index contributed by atoms with van der Waals surface area (Å²) in [5, 5.41) is 0. The first-order valence-corrected chi connectivity index (χ1v) is 11.1. The summed E-state index contributed by atoms with van der Waals surface area (Å²) < 4.78 is 30.9. The molecule has 1 aromatic carbocycles. The average Bonchev–Trinajstić information content (AvgIpc) is 2.85. The Kier molecular flexibility index (Phi) is 21.8. The summed E-state index contributed by atoms with van der Waals surface area (Å²) >= 11 is 0. The van der Waals surface area contributed by atoms with Crippen LogP contribution in [-0.2, 0) is 4.79 Å². The smallest absolute Gasteiger partial charge is 0.204 e. The molecule has 3 rings (SSSR count). The van der Waals surface area contributed by atoms with Gasteiger partial charge in [-0.15, -0.1) is 0 Å². The van der Waals surface area contributed by atoms with Crippen molar-refractivity contribution < 1.29 is 18.0 Å². The van der Waals surface area contributed by atoms with Gasteiger partial charge in [0.15, 0.2) is 0 Å². The zero-order chi connectivity index (χ0) is 24.1. The Bertz CT molecular complexity index is 533. The zero-order valence-electron chi connectivity index (χ0n) is 20.2. The molecule has 0 radical (unpaired) electrons. The highest BCUT2D eigenvalue weighted by molar-refractivity contribution is 5.51. The van der Waals surface area contributed by atoms with Crippen molar-refractivity contribution in [3.05, 3.63) is 29.3 Å². The molecule has 4 nitrogen and oxygen atoms in total. The third-order valence-corrected chi connectivity index (χ3v) is 5.62. The number of rotatable bonds is 3. The van der Waals surface area contributed by atoms with Gasteiger partial charge in [-0.3, -0.25) is 18.0 Å². The van der Waals surface area contributed by atoms with Crippen molar-refractivity contribution in [3.8, 4) is 0 Å². The van der Waals surface area contributed by atoms with Crippen molar-refractivity contribution in [2.45, 2.75) is 52.9 Å². The quantitative estimate of drug-likeness (QED) is 0.644. The van der Waals surface area contributed by atoms with E-state index in [9.17, 15) is 13.2 Å². The van der Waals surface area contributed by atoms with Crippen molar-refractivity contribution in [1.29, 1.82) is 0 Å². The van der Waals surface area contributed by atoms with E-state index in [1.165, 1.54) is 55.7 Å². The zero-order valence-corrected chi connectivity index (χ0v) is 20.2. The van der Waals surface area contributed by atoms with Crippen molar-refractivity contribution in [1.82, 2.24) is 4.90 Å². The van der Waals surface area contributed by atoms with E-state index in [2.05, 4.69) is 54.5 Å². The van der Waals surface area contributed by atoms with Crippen molar-refractivity contribution in [3.63, 3.8) is 0 Å². The van der Waals surface area contributed by atoms with Crippen LogP contribution in [0, 0.1) is 19.8 Å². The lowest BCUT2D eigenvalue weighted by Gasteiger charge is -2.35. The summed E-state index contributed by atoms with van der Waals surface area (Å²) in [5.41, 5.74) is 8.34. The van der Waals surface area contributed by atoms with Crippen molar-refractivity contribution >= 4 is 12.1 Å². The monoisotopic (exact) mass is 447 g/mol. The lowest BCUT2D eigenvalue weighted by Crippen LogP contribution is -2.46. The number of nitrogens with zero attached hydrogens (tertiary/aromatic N) is 2. The van der Waals surface area contributed by atoms with Crippen LogP contribution < -0.4 is 10.6 Å². The van der Waals surface area contributed by atoms with Gasteiger partial charge in [-0.1, -0.05) is 32.3 Å². The molecule has 1 aliphatic carbocycles. The number of alkyl halides is 3. The summed E-state index contributed by atoms with van der Waals surface area (Å²) in [6.07, 6.45) is 6.37. The van der Waals surface area contributed by atoms with Gasteiger partial charge in [-0.25, -0.2) is 0 Å². The predicted molar refractivity (Wildman–Crippen MR) is 127 cm³/mol. The summed E-state index contributed by atoms with van der Waals surface area (Å²) in [5.74, 6) is 0.420. The molecular formula is C24H44F3N3O. The fraction of sp³-hybridized carbons (Fsp3) is 0.708. The van der Waals surface area contributed by atoms with Gasteiger partial charge in [0.05, 0.1) is 21.0 Å². The number of piperazine rings is 1. The second-order valence-corrected chi connectivity index (χ2v) is 7.48. The average molecular weight is 448 g/mol. The van der Waals surface area contributed by atoms with Crippen LogP contribution >= 0.6 is 0 Å². The third-order valence-electron chi connectivity index (χ3n) is 5.62. The highest BCUT2D eigenvalue weighted by Gasteiger charge is 2.15. The van der Waals surface area contributed by atoms with E-state index < -0.39 is 0 Å². The largest absolute Gasteiger partial charge is 0.372 e. The molecule has 1 amide bonds. The molecule has 31 heavy (non-hydrogen) atoms. The second kappa shape index (κ2) is 21.5. The molecule has 2 fully saturated rings. The van der Waals surface area contributed by atoms with Gasteiger partial charge in [0.25, 0.3) is 0 Å². The number of benzene rings is 1. The first-order valence-electron chi connectivity index (χ1n) is 11.1. The molecule has 1 saturated heterocycles. The summed E-state index contributed by atoms with van der Waals surface area (Å²) in [4.78, 5) is 13.6. The van der Waals surface area contributed by atoms with Crippen LogP contribution in [0.2, 0.25) is 0 Å². The predicted octanol–water partition coefficient (Wildman–Crippen LogP) is 5.25. The third kappa shape index (κ3) is 14.0. The van der Waals surface area contributed by atoms with Crippen LogP contribution in [0.25, 0.3) is 0 Å². The second-order valence-electron chi connectivity index (χ2n) is 7.48. The Morgan fingerprint density at radius 3 is 1.87 bits per heavy atom. The van der Waals surface area contributed by atoms with E-state index in [0.717, 1.165) is 25.9 Å². The number of carbonyl (C=O) groups is 1. The molecule has 1 heterocycles. The van der Waals surface area contributed by atoms with Crippen LogP contribution in [0.15, 0.2) is 18.2 Å². The number of primary amides is 1. The van der Waals surface area contributed by atoms with Gasteiger partial charge in [-0.05, 0) is 62.4 Å². The first kappa shape index (κ1) is 31.4. The molecule has 1 saturated carbocycles. The molecule has 0 bridgehead atoms. The van der Waals surface area contributed by atoms with E-state index >= 15 is 0 Å². The standard InChI is InChI=1S/C14H22N2.C7H13F.2CH3F.CH3NO/c1-4-15-7-9-16(10-8-15)14-6-5-12(2)13(3)11-14;8-6-7-4-2-1-3-5-7;2*1-2;2-1-3/h5-6,11H,4,7-10H2,1-3H3;7H,1-6H2;2*1H3;1H,(H2,2,3). The number of aryl methyl sites for hydroxylation is 2. The number of likely N-dealkylation sites (N-methyl/N-ethyl adjacent to an activating group) is 1. The Balaban J connectivity index is 0. The molecule has 1 aromatic rings. The van der Waals surface area contributed by atoms with Crippen LogP contribution in [0.5, 0.6) is 0 Å². The summed E-state index contributed by atoms with van der Waals surface area (Å²) in [7, 11) is 1.00. The lowest BCUT2D eigenvalue weighted by molar-refractivity contribution is -0.106. The number of amides is 1. The number of hydrogen-bond donors (Lipinski definition) is 1. The Hall–Kier alpha value is -1.76. The molecule has 0 spiro atoms. The number of hydrogen-bond acceptors (Lipinski definition) is 3. The van der Waals surface area contributed by atoms with E-state index in [1.807, 2.05) is 0 Å². The summed E-state index contributed by atoms with van der Waals surface area (Å²) in [6.45, 7) is 12.4. The van der Waals surface area contributed by atoms with Gasteiger partial charge in [0.1, 0.15) is 0 Å². The molecule has 7 heteroatoms.